The lowest BCUT2D eigenvalue weighted by Gasteiger charge is -2.10. The fourth-order valence-electron chi connectivity index (χ4n) is 2.22. The van der Waals surface area contributed by atoms with Crippen molar-refractivity contribution in [3.8, 4) is 5.75 Å². The maximum atomic E-state index is 12.0. The minimum absolute atomic E-state index is 0.0631. The van der Waals surface area contributed by atoms with Crippen molar-refractivity contribution >= 4 is 23.3 Å². The van der Waals surface area contributed by atoms with Crippen molar-refractivity contribution in [2.24, 2.45) is 0 Å². The molecule has 122 valence electrons. The Morgan fingerprint density at radius 1 is 1.12 bits per heavy atom. The van der Waals surface area contributed by atoms with Gasteiger partial charge in [-0.25, -0.2) is 4.68 Å². The van der Waals surface area contributed by atoms with E-state index in [2.05, 4.69) is 10.4 Å². The average Bonchev–Trinajstić information content (AvgIpc) is 3.01. The molecule has 0 bridgehead atoms. The minimum Gasteiger partial charge on any atom is -0.484 e. The first-order valence-corrected chi connectivity index (χ1v) is 7.82. The Labute approximate surface area is 144 Å². The molecule has 1 N–H and O–H groups in total. The molecule has 0 spiro atoms. The zero-order valence-corrected chi connectivity index (χ0v) is 13.6. The summed E-state index contributed by atoms with van der Waals surface area (Å²) in [6.07, 6.45) is 1.64. The number of carbonyl (C=O) groups is 1. The van der Waals surface area contributed by atoms with Crippen molar-refractivity contribution in [2.45, 2.75) is 6.54 Å². The van der Waals surface area contributed by atoms with Crippen LogP contribution in [0.3, 0.4) is 0 Å². The van der Waals surface area contributed by atoms with E-state index in [4.69, 9.17) is 16.3 Å². The summed E-state index contributed by atoms with van der Waals surface area (Å²) in [6, 6.07) is 18.5. The Morgan fingerprint density at radius 2 is 1.96 bits per heavy atom. The number of hydrogen-bond donors (Lipinski definition) is 1. The number of nitrogens with one attached hydrogen (secondary N) is 1. The number of benzene rings is 2. The van der Waals surface area contributed by atoms with Gasteiger partial charge in [0.2, 0.25) is 0 Å². The van der Waals surface area contributed by atoms with Crippen LogP contribution < -0.4 is 10.1 Å². The van der Waals surface area contributed by atoms with Crippen LogP contribution in [0.25, 0.3) is 0 Å². The van der Waals surface area contributed by atoms with Crippen LogP contribution in [0.15, 0.2) is 66.9 Å². The zero-order valence-electron chi connectivity index (χ0n) is 12.9. The molecule has 0 atom stereocenters. The van der Waals surface area contributed by atoms with Gasteiger partial charge in [0.05, 0.1) is 12.7 Å². The standard InChI is InChI=1S/C18H16ClN3O2/c19-15-6-4-5-14(11-15)12-22-17(9-10-20-22)21-18(23)13-24-16-7-2-1-3-8-16/h1-11H,12-13H2,(H,21,23). The van der Waals surface area contributed by atoms with Crippen LogP contribution in [0, 0.1) is 0 Å². The molecule has 0 saturated carbocycles. The number of nitrogens with zero attached hydrogens (tertiary/aromatic N) is 2. The van der Waals surface area contributed by atoms with E-state index >= 15 is 0 Å². The monoisotopic (exact) mass is 341 g/mol. The molecule has 5 nitrogen and oxygen atoms in total. The van der Waals surface area contributed by atoms with Crippen LogP contribution in [-0.2, 0) is 11.3 Å². The number of amides is 1. The molecular formula is C18H16ClN3O2. The Kier molecular flexibility index (Phi) is 5.13. The third-order valence-electron chi connectivity index (χ3n) is 3.32. The summed E-state index contributed by atoms with van der Waals surface area (Å²) >= 11 is 5.99. The third kappa shape index (κ3) is 4.36. The van der Waals surface area contributed by atoms with Crippen molar-refractivity contribution in [3.63, 3.8) is 0 Å². The first kappa shape index (κ1) is 16.1. The molecule has 1 amide bonds. The summed E-state index contributed by atoms with van der Waals surface area (Å²) in [5.41, 5.74) is 1.00. The summed E-state index contributed by atoms with van der Waals surface area (Å²) in [6.45, 7) is 0.453. The topological polar surface area (TPSA) is 56.1 Å². The molecule has 0 aliphatic heterocycles. The molecule has 0 radical (unpaired) electrons. The van der Waals surface area contributed by atoms with E-state index in [0.29, 0.717) is 23.1 Å². The molecule has 3 rings (SSSR count). The molecule has 0 saturated heterocycles. The molecule has 3 aromatic rings. The lowest BCUT2D eigenvalue weighted by molar-refractivity contribution is -0.118. The van der Waals surface area contributed by atoms with E-state index in [9.17, 15) is 4.79 Å². The van der Waals surface area contributed by atoms with Gasteiger partial charge in [0.1, 0.15) is 11.6 Å². The minimum atomic E-state index is -0.244. The van der Waals surface area contributed by atoms with Gasteiger partial charge in [-0.2, -0.15) is 5.10 Å². The second kappa shape index (κ2) is 7.66. The molecular weight excluding hydrogens is 326 g/mol. The van der Waals surface area contributed by atoms with E-state index in [-0.39, 0.29) is 12.5 Å². The summed E-state index contributed by atoms with van der Waals surface area (Å²) in [7, 11) is 0. The second-order valence-corrected chi connectivity index (χ2v) is 5.59. The molecule has 6 heteroatoms. The lowest BCUT2D eigenvalue weighted by atomic mass is 10.2. The van der Waals surface area contributed by atoms with Gasteiger partial charge >= 0.3 is 0 Å². The highest BCUT2D eigenvalue weighted by Crippen LogP contribution is 2.14. The van der Waals surface area contributed by atoms with Crippen LogP contribution in [0.4, 0.5) is 5.82 Å². The van der Waals surface area contributed by atoms with Gasteiger partial charge < -0.3 is 10.1 Å². The van der Waals surface area contributed by atoms with Crippen molar-refractivity contribution in [2.75, 3.05) is 11.9 Å². The fraction of sp³-hybridized carbons (Fsp3) is 0.111. The number of ether oxygens (including phenoxy) is 1. The molecule has 2 aromatic carbocycles. The van der Waals surface area contributed by atoms with Crippen LogP contribution in [-0.4, -0.2) is 22.3 Å². The highest BCUT2D eigenvalue weighted by Gasteiger charge is 2.09. The third-order valence-corrected chi connectivity index (χ3v) is 3.55. The zero-order chi connectivity index (χ0) is 16.8. The number of rotatable bonds is 6. The highest BCUT2D eigenvalue weighted by molar-refractivity contribution is 6.30. The molecule has 1 aromatic heterocycles. The number of para-hydroxylation sites is 1. The fourth-order valence-corrected chi connectivity index (χ4v) is 2.43. The van der Waals surface area contributed by atoms with Gasteiger partial charge in [-0.05, 0) is 29.8 Å². The highest BCUT2D eigenvalue weighted by atomic mass is 35.5. The van der Waals surface area contributed by atoms with E-state index in [1.54, 1.807) is 29.1 Å². The Morgan fingerprint density at radius 3 is 2.75 bits per heavy atom. The maximum Gasteiger partial charge on any atom is 0.263 e. The van der Waals surface area contributed by atoms with Crippen LogP contribution in [0.1, 0.15) is 5.56 Å². The maximum absolute atomic E-state index is 12.0. The number of anilines is 1. The average molecular weight is 342 g/mol. The summed E-state index contributed by atoms with van der Waals surface area (Å²) in [5, 5.41) is 7.70. The molecule has 0 fully saturated rings. The predicted octanol–water partition coefficient (Wildman–Crippen LogP) is 3.60. The van der Waals surface area contributed by atoms with Crippen molar-refractivity contribution in [3.05, 3.63) is 77.4 Å². The quantitative estimate of drug-likeness (QED) is 0.745. The first-order chi connectivity index (χ1) is 11.7. The number of aromatic nitrogens is 2. The van der Waals surface area contributed by atoms with Crippen molar-refractivity contribution < 1.29 is 9.53 Å². The molecule has 0 unspecified atom stereocenters. The largest absolute Gasteiger partial charge is 0.484 e. The van der Waals surface area contributed by atoms with Gasteiger partial charge in [0, 0.05) is 11.1 Å². The van der Waals surface area contributed by atoms with Gasteiger partial charge in [0.15, 0.2) is 6.61 Å². The SMILES string of the molecule is O=C(COc1ccccc1)Nc1ccnn1Cc1cccc(Cl)c1. The van der Waals surface area contributed by atoms with Gasteiger partial charge in [-0.3, -0.25) is 4.79 Å². The van der Waals surface area contributed by atoms with Crippen LogP contribution >= 0.6 is 11.6 Å². The first-order valence-electron chi connectivity index (χ1n) is 7.45. The Bertz CT molecular complexity index is 818. The molecule has 0 aliphatic carbocycles. The summed E-state index contributed by atoms with van der Waals surface area (Å²) in [4.78, 5) is 12.0. The van der Waals surface area contributed by atoms with E-state index in [0.717, 1.165) is 5.56 Å². The lowest BCUT2D eigenvalue weighted by Crippen LogP contribution is -2.22. The predicted molar refractivity (Wildman–Crippen MR) is 93.3 cm³/mol. The van der Waals surface area contributed by atoms with Gasteiger partial charge in [-0.1, -0.05) is 41.9 Å². The van der Waals surface area contributed by atoms with Gasteiger partial charge in [-0.15, -0.1) is 0 Å². The Hall–Kier alpha value is -2.79. The smallest absolute Gasteiger partial charge is 0.263 e. The second-order valence-electron chi connectivity index (χ2n) is 5.15. The van der Waals surface area contributed by atoms with Crippen molar-refractivity contribution in [1.29, 1.82) is 0 Å². The number of halogens is 1. The summed E-state index contributed by atoms with van der Waals surface area (Å²) < 4.78 is 7.13. The van der Waals surface area contributed by atoms with E-state index in [1.807, 2.05) is 42.5 Å². The van der Waals surface area contributed by atoms with Crippen LogP contribution in [0.5, 0.6) is 5.75 Å². The Balaban J connectivity index is 1.59. The molecule has 24 heavy (non-hydrogen) atoms. The molecule has 0 aliphatic rings. The molecule has 1 heterocycles. The number of hydrogen-bond acceptors (Lipinski definition) is 3. The van der Waals surface area contributed by atoms with Crippen molar-refractivity contribution in [1.82, 2.24) is 9.78 Å². The van der Waals surface area contributed by atoms with E-state index < -0.39 is 0 Å². The van der Waals surface area contributed by atoms with E-state index in [1.165, 1.54) is 0 Å². The van der Waals surface area contributed by atoms with Crippen LogP contribution in [0.2, 0.25) is 5.02 Å². The summed E-state index contributed by atoms with van der Waals surface area (Å²) in [5.74, 6) is 1.02. The number of carbonyl (C=O) groups excluding carboxylic acids is 1. The van der Waals surface area contributed by atoms with Gasteiger partial charge in [0.25, 0.3) is 5.91 Å². The normalized spacial score (nSPS) is 10.4.